The van der Waals surface area contributed by atoms with Gasteiger partial charge in [0.1, 0.15) is 0 Å². The van der Waals surface area contributed by atoms with Gasteiger partial charge in [0.05, 0.1) is 21.3 Å². The third kappa shape index (κ3) is 3.76. The van der Waals surface area contributed by atoms with Crippen molar-refractivity contribution in [2.24, 2.45) is 0 Å². The van der Waals surface area contributed by atoms with Gasteiger partial charge in [-0.3, -0.25) is 4.79 Å². The predicted molar refractivity (Wildman–Crippen MR) is 74.4 cm³/mol. The molecule has 0 bridgehead atoms. The van der Waals surface area contributed by atoms with Gasteiger partial charge < -0.3 is 19.3 Å². The summed E-state index contributed by atoms with van der Waals surface area (Å²) < 4.78 is 16.7. The molecule has 0 aromatic heterocycles. The number of carboxylic acid groups (broad SMARTS) is 1. The SMILES string of the molecule is COc1cc(Br)c(CCCC(=O)O)c(OC)c1OC. The van der Waals surface area contributed by atoms with Crippen LogP contribution in [0.15, 0.2) is 10.5 Å². The van der Waals surface area contributed by atoms with E-state index in [1.807, 2.05) is 0 Å². The van der Waals surface area contributed by atoms with E-state index in [1.54, 1.807) is 20.3 Å². The number of benzene rings is 1. The summed E-state index contributed by atoms with van der Waals surface area (Å²) >= 11 is 3.45. The summed E-state index contributed by atoms with van der Waals surface area (Å²) in [4.78, 5) is 10.6. The standard InChI is InChI=1S/C13H17BrO5/c1-17-10-7-9(14)8(5-4-6-11(15)16)12(18-2)13(10)19-3/h7H,4-6H2,1-3H3,(H,15,16). The topological polar surface area (TPSA) is 65.0 Å². The second kappa shape index (κ2) is 7.23. The first-order chi connectivity index (χ1) is 9.04. The predicted octanol–water partition coefficient (Wildman–Crippen LogP) is 2.88. The van der Waals surface area contributed by atoms with Crippen LogP contribution in [0.3, 0.4) is 0 Å². The molecule has 0 fully saturated rings. The Labute approximate surface area is 120 Å². The van der Waals surface area contributed by atoms with Gasteiger partial charge in [0, 0.05) is 16.5 Å². The number of hydrogen-bond acceptors (Lipinski definition) is 4. The molecule has 1 rings (SSSR count). The summed E-state index contributed by atoms with van der Waals surface area (Å²) in [6.45, 7) is 0. The molecule has 1 aromatic rings. The Morgan fingerprint density at radius 1 is 1.21 bits per heavy atom. The summed E-state index contributed by atoms with van der Waals surface area (Å²) in [5, 5.41) is 8.68. The Balaban J connectivity index is 3.11. The quantitative estimate of drug-likeness (QED) is 0.831. The van der Waals surface area contributed by atoms with Crippen molar-refractivity contribution in [1.29, 1.82) is 0 Å². The van der Waals surface area contributed by atoms with Gasteiger partial charge in [0.15, 0.2) is 11.5 Å². The van der Waals surface area contributed by atoms with Gasteiger partial charge in [-0.2, -0.15) is 0 Å². The van der Waals surface area contributed by atoms with Crippen molar-refractivity contribution in [3.05, 3.63) is 16.1 Å². The van der Waals surface area contributed by atoms with E-state index < -0.39 is 5.97 Å². The van der Waals surface area contributed by atoms with Crippen LogP contribution in [-0.2, 0) is 11.2 Å². The first kappa shape index (κ1) is 15.6. The first-order valence-electron chi connectivity index (χ1n) is 5.74. The van der Waals surface area contributed by atoms with E-state index in [1.165, 1.54) is 7.11 Å². The second-order valence-electron chi connectivity index (χ2n) is 3.85. The lowest BCUT2D eigenvalue weighted by atomic mass is 10.1. The van der Waals surface area contributed by atoms with E-state index in [2.05, 4.69) is 15.9 Å². The summed E-state index contributed by atoms with van der Waals surface area (Å²) in [5.41, 5.74) is 0.876. The van der Waals surface area contributed by atoms with Crippen molar-refractivity contribution >= 4 is 21.9 Å². The van der Waals surface area contributed by atoms with E-state index in [-0.39, 0.29) is 6.42 Å². The number of carboxylic acids is 1. The van der Waals surface area contributed by atoms with E-state index in [9.17, 15) is 4.79 Å². The van der Waals surface area contributed by atoms with Crippen LogP contribution in [0.1, 0.15) is 18.4 Å². The fourth-order valence-corrected chi connectivity index (χ4v) is 2.42. The second-order valence-corrected chi connectivity index (χ2v) is 4.71. The van der Waals surface area contributed by atoms with Gasteiger partial charge >= 0.3 is 5.97 Å². The Bertz CT molecular complexity index is 459. The normalized spacial score (nSPS) is 10.1. The summed E-state index contributed by atoms with van der Waals surface area (Å²) in [6, 6.07) is 1.79. The molecule has 106 valence electrons. The highest BCUT2D eigenvalue weighted by atomic mass is 79.9. The number of methoxy groups -OCH3 is 3. The molecule has 0 aliphatic carbocycles. The summed E-state index contributed by atoms with van der Waals surface area (Å²) in [6.07, 6.45) is 1.22. The molecule has 5 nitrogen and oxygen atoms in total. The monoisotopic (exact) mass is 332 g/mol. The molecule has 1 aromatic carbocycles. The minimum Gasteiger partial charge on any atom is -0.493 e. The molecule has 0 spiro atoms. The Morgan fingerprint density at radius 3 is 2.32 bits per heavy atom. The average molecular weight is 333 g/mol. The number of hydrogen-bond donors (Lipinski definition) is 1. The minimum atomic E-state index is -0.810. The van der Waals surface area contributed by atoms with Crippen molar-refractivity contribution < 1.29 is 24.1 Å². The third-order valence-corrected chi connectivity index (χ3v) is 3.40. The molecule has 0 aliphatic rings. The van der Waals surface area contributed by atoms with Gasteiger partial charge in [-0.05, 0) is 18.9 Å². The fraction of sp³-hybridized carbons (Fsp3) is 0.462. The molecule has 0 aliphatic heterocycles. The lowest BCUT2D eigenvalue weighted by Gasteiger charge is -2.17. The third-order valence-electron chi connectivity index (χ3n) is 2.70. The molecule has 0 amide bonds. The lowest BCUT2D eigenvalue weighted by Crippen LogP contribution is -2.02. The molecule has 0 saturated carbocycles. The van der Waals surface area contributed by atoms with Crippen LogP contribution in [0, 0.1) is 0 Å². The fourth-order valence-electron chi connectivity index (χ4n) is 1.84. The molecular formula is C13H17BrO5. The maximum absolute atomic E-state index is 10.6. The van der Waals surface area contributed by atoms with Crippen LogP contribution in [0.5, 0.6) is 17.2 Å². The van der Waals surface area contributed by atoms with Crippen molar-refractivity contribution in [3.63, 3.8) is 0 Å². The van der Waals surface area contributed by atoms with E-state index in [0.29, 0.717) is 30.1 Å². The Morgan fingerprint density at radius 2 is 1.84 bits per heavy atom. The lowest BCUT2D eigenvalue weighted by molar-refractivity contribution is -0.137. The van der Waals surface area contributed by atoms with E-state index in [0.717, 1.165) is 10.0 Å². The zero-order chi connectivity index (χ0) is 14.4. The number of rotatable bonds is 7. The van der Waals surface area contributed by atoms with Crippen LogP contribution in [0.2, 0.25) is 0 Å². The number of ether oxygens (including phenoxy) is 3. The van der Waals surface area contributed by atoms with Crippen LogP contribution >= 0.6 is 15.9 Å². The van der Waals surface area contributed by atoms with Crippen LogP contribution in [0.4, 0.5) is 0 Å². The molecule has 0 radical (unpaired) electrons. The Hall–Kier alpha value is -1.43. The Kier molecular flexibility index (Phi) is 5.95. The van der Waals surface area contributed by atoms with Crippen LogP contribution < -0.4 is 14.2 Å². The maximum Gasteiger partial charge on any atom is 0.303 e. The van der Waals surface area contributed by atoms with Crippen LogP contribution in [-0.4, -0.2) is 32.4 Å². The van der Waals surface area contributed by atoms with Gasteiger partial charge in [0.2, 0.25) is 5.75 Å². The van der Waals surface area contributed by atoms with Gasteiger partial charge in [-0.15, -0.1) is 0 Å². The van der Waals surface area contributed by atoms with Crippen molar-refractivity contribution in [1.82, 2.24) is 0 Å². The number of halogens is 1. The molecular weight excluding hydrogens is 316 g/mol. The number of aliphatic carboxylic acids is 1. The first-order valence-corrected chi connectivity index (χ1v) is 6.53. The number of carbonyl (C=O) groups is 1. The molecule has 0 saturated heterocycles. The van der Waals surface area contributed by atoms with E-state index in [4.69, 9.17) is 19.3 Å². The van der Waals surface area contributed by atoms with E-state index >= 15 is 0 Å². The largest absolute Gasteiger partial charge is 0.493 e. The summed E-state index contributed by atoms with van der Waals surface area (Å²) in [5.74, 6) is 0.835. The van der Waals surface area contributed by atoms with Crippen LogP contribution in [0.25, 0.3) is 0 Å². The molecule has 19 heavy (non-hydrogen) atoms. The zero-order valence-electron chi connectivity index (χ0n) is 11.2. The van der Waals surface area contributed by atoms with Gasteiger partial charge in [-0.1, -0.05) is 15.9 Å². The smallest absolute Gasteiger partial charge is 0.303 e. The molecule has 1 N–H and O–H groups in total. The van der Waals surface area contributed by atoms with Crippen molar-refractivity contribution in [3.8, 4) is 17.2 Å². The molecule has 0 atom stereocenters. The minimum absolute atomic E-state index is 0.115. The molecule has 0 unspecified atom stereocenters. The summed E-state index contributed by atoms with van der Waals surface area (Å²) in [7, 11) is 4.63. The molecule has 6 heteroatoms. The maximum atomic E-state index is 10.6. The molecule has 0 heterocycles. The highest BCUT2D eigenvalue weighted by Crippen LogP contribution is 2.44. The zero-order valence-corrected chi connectivity index (χ0v) is 12.7. The van der Waals surface area contributed by atoms with Gasteiger partial charge in [-0.25, -0.2) is 0 Å². The average Bonchev–Trinajstić information content (AvgIpc) is 2.38. The highest BCUT2D eigenvalue weighted by molar-refractivity contribution is 9.10. The highest BCUT2D eigenvalue weighted by Gasteiger charge is 2.19. The van der Waals surface area contributed by atoms with Gasteiger partial charge in [0.25, 0.3) is 0 Å². The van der Waals surface area contributed by atoms with Crippen molar-refractivity contribution in [2.45, 2.75) is 19.3 Å². The van der Waals surface area contributed by atoms with Crippen molar-refractivity contribution in [2.75, 3.05) is 21.3 Å².